The van der Waals surface area contributed by atoms with E-state index >= 15 is 0 Å². The van der Waals surface area contributed by atoms with Gasteiger partial charge in [0.05, 0.1) is 19.8 Å². The highest BCUT2D eigenvalue weighted by atomic mass is 16.6. The fourth-order valence-corrected chi connectivity index (χ4v) is 3.21. The van der Waals surface area contributed by atoms with Crippen molar-refractivity contribution in [2.75, 3.05) is 13.7 Å². The second-order valence-electron chi connectivity index (χ2n) is 8.73. The van der Waals surface area contributed by atoms with E-state index in [1.54, 1.807) is 0 Å². The molecule has 0 heterocycles. The Morgan fingerprint density at radius 2 is 1.56 bits per heavy atom. The van der Waals surface area contributed by atoms with Gasteiger partial charge in [0.15, 0.2) is 6.04 Å². The number of rotatable bonds is 7. The summed E-state index contributed by atoms with van der Waals surface area (Å²) in [4.78, 5) is 24.2. The van der Waals surface area contributed by atoms with Gasteiger partial charge in [0, 0.05) is 0 Å². The van der Waals surface area contributed by atoms with Crippen LogP contribution in [-0.2, 0) is 25.6 Å². The zero-order valence-electron chi connectivity index (χ0n) is 17.5. The van der Waals surface area contributed by atoms with E-state index in [0.29, 0.717) is 0 Å². The van der Waals surface area contributed by atoms with Gasteiger partial charge < -0.3 is 19.5 Å². The van der Waals surface area contributed by atoms with Crippen molar-refractivity contribution >= 4 is 12.1 Å². The standard InChI is InChI=1S/C21H33NO5/c1-20(2,3)18(21(4,5)6)26-14-16(17(23)25-7)22-19(24)27-13-15-11-9-8-10-12-15/h8-12,16,18H,13-14H2,1-7H3,(H,22,24)/t16-/m0/s1. The summed E-state index contributed by atoms with van der Waals surface area (Å²) in [6.45, 7) is 12.6. The lowest BCUT2D eigenvalue weighted by Gasteiger charge is -2.40. The van der Waals surface area contributed by atoms with Gasteiger partial charge in [-0.15, -0.1) is 0 Å². The first-order valence-electron chi connectivity index (χ1n) is 9.11. The van der Waals surface area contributed by atoms with Crippen LogP contribution in [0.4, 0.5) is 4.79 Å². The van der Waals surface area contributed by atoms with Gasteiger partial charge in [0.25, 0.3) is 0 Å². The fourth-order valence-electron chi connectivity index (χ4n) is 3.21. The molecule has 0 radical (unpaired) electrons. The van der Waals surface area contributed by atoms with Crippen LogP contribution in [-0.4, -0.2) is 37.9 Å². The van der Waals surface area contributed by atoms with Gasteiger partial charge in [-0.05, 0) is 16.4 Å². The van der Waals surface area contributed by atoms with Crippen LogP contribution < -0.4 is 5.32 Å². The Morgan fingerprint density at radius 1 is 1.00 bits per heavy atom. The highest BCUT2D eigenvalue weighted by molar-refractivity contribution is 5.81. The Balaban J connectivity index is 2.69. The average molecular weight is 379 g/mol. The first-order chi connectivity index (χ1) is 12.4. The second-order valence-corrected chi connectivity index (χ2v) is 8.73. The average Bonchev–Trinajstić information content (AvgIpc) is 2.57. The molecular formula is C21H33NO5. The summed E-state index contributed by atoms with van der Waals surface area (Å²) in [5, 5.41) is 2.54. The molecule has 6 nitrogen and oxygen atoms in total. The van der Waals surface area contributed by atoms with E-state index in [9.17, 15) is 9.59 Å². The molecule has 152 valence electrons. The number of alkyl carbamates (subject to hydrolysis) is 1. The van der Waals surface area contributed by atoms with E-state index in [4.69, 9.17) is 14.2 Å². The Labute approximate surface area is 162 Å². The maximum atomic E-state index is 12.1. The van der Waals surface area contributed by atoms with Crippen molar-refractivity contribution in [3.8, 4) is 0 Å². The van der Waals surface area contributed by atoms with Crippen LogP contribution in [0.2, 0.25) is 0 Å². The molecule has 0 bridgehead atoms. The summed E-state index contributed by atoms with van der Waals surface area (Å²) in [6, 6.07) is 8.37. The molecule has 0 aliphatic rings. The SMILES string of the molecule is COC(=O)[C@H](COC(C(C)(C)C)C(C)(C)C)NC(=O)OCc1ccccc1. The van der Waals surface area contributed by atoms with Crippen LogP contribution in [0.1, 0.15) is 47.1 Å². The molecule has 27 heavy (non-hydrogen) atoms. The van der Waals surface area contributed by atoms with Crippen LogP contribution in [0.5, 0.6) is 0 Å². The normalized spacial score (nSPS) is 13.2. The van der Waals surface area contributed by atoms with E-state index in [1.165, 1.54) is 7.11 Å². The number of nitrogens with one attached hydrogen (secondary N) is 1. The Kier molecular flexibility index (Phi) is 8.28. The third kappa shape index (κ3) is 7.99. The van der Waals surface area contributed by atoms with Crippen LogP contribution >= 0.6 is 0 Å². The number of hydrogen-bond donors (Lipinski definition) is 1. The zero-order chi connectivity index (χ0) is 20.7. The van der Waals surface area contributed by atoms with Crippen molar-refractivity contribution in [1.29, 1.82) is 0 Å². The third-order valence-corrected chi connectivity index (χ3v) is 3.99. The van der Waals surface area contributed by atoms with Crippen LogP contribution in [0.15, 0.2) is 30.3 Å². The van der Waals surface area contributed by atoms with Crippen molar-refractivity contribution in [2.24, 2.45) is 10.8 Å². The molecule has 1 aromatic rings. The maximum Gasteiger partial charge on any atom is 0.408 e. The lowest BCUT2D eigenvalue weighted by Crippen LogP contribution is -2.48. The number of esters is 1. The minimum atomic E-state index is -0.939. The molecule has 0 aromatic heterocycles. The second kappa shape index (κ2) is 9.74. The predicted octanol–water partition coefficient (Wildman–Crippen LogP) is 3.93. The summed E-state index contributed by atoms with van der Waals surface area (Å²) >= 11 is 0. The van der Waals surface area contributed by atoms with E-state index < -0.39 is 18.1 Å². The van der Waals surface area contributed by atoms with Crippen molar-refractivity contribution in [3.63, 3.8) is 0 Å². The molecule has 0 unspecified atom stereocenters. The lowest BCUT2D eigenvalue weighted by atomic mass is 9.74. The van der Waals surface area contributed by atoms with Crippen LogP contribution in [0, 0.1) is 10.8 Å². The molecule has 1 aromatic carbocycles. The molecule has 0 aliphatic heterocycles. The molecule has 0 fully saturated rings. The topological polar surface area (TPSA) is 73.9 Å². The van der Waals surface area contributed by atoms with Crippen LogP contribution in [0.3, 0.4) is 0 Å². The van der Waals surface area contributed by atoms with E-state index in [2.05, 4.69) is 46.9 Å². The first kappa shape index (κ1) is 23.0. The summed E-state index contributed by atoms with van der Waals surface area (Å²) in [5.74, 6) is -0.576. The highest BCUT2D eigenvalue weighted by Gasteiger charge is 2.37. The predicted molar refractivity (Wildman–Crippen MR) is 104 cm³/mol. The number of amides is 1. The van der Waals surface area contributed by atoms with Crippen molar-refractivity contribution in [1.82, 2.24) is 5.32 Å². The van der Waals surface area contributed by atoms with Crippen molar-refractivity contribution in [2.45, 2.75) is 60.3 Å². The molecule has 0 saturated heterocycles. The maximum absolute atomic E-state index is 12.1. The summed E-state index contributed by atoms with van der Waals surface area (Å²) in [5.41, 5.74) is 0.596. The lowest BCUT2D eigenvalue weighted by molar-refractivity contribution is -0.148. The summed E-state index contributed by atoms with van der Waals surface area (Å²) < 4.78 is 16.0. The highest BCUT2D eigenvalue weighted by Crippen LogP contribution is 2.36. The minimum Gasteiger partial charge on any atom is -0.467 e. The number of ether oxygens (including phenoxy) is 3. The van der Waals surface area contributed by atoms with E-state index in [-0.39, 0.29) is 30.1 Å². The minimum absolute atomic E-state index is 0.00627. The Hall–Kier alpha value is -2.08. The van der Waals surface area contributed by atoms with Gasteiger partial charge in [0.1, 0.15) is 6.61 Å². The molecule has 1 rings (SSSR count). The van der Waals surface area contributed by atoms with Gasteiger partial charge in [-0.25, -0.2) is 9.59 Å². The Morgan fingerprint density at radius 3 is 2.04 bits per heavy atom. The van der Waals surface area contributed by atoms with Gasteiger partial charge in [-0.1, -0.05) is 71.9 Å². The van der Waals surface area contributed by atoms with Crippen LogP contribution in [0.25, 0.3) is 0 Å². The summed E-state index contributed by atoms with van der Waals surface area (Å²) in [7, 11) is 1.28. The van der Waals surface area contributed by atoms with Gasteiger partial charge in [-0.2, -0.15) is 0 Å². The molecule has 0 aliphatic carbocycles. The largest absolute Gasteiger partial charge is 0.467 e. The van der Waals surface area contributed by atoms with E-state index in [1.807, 2.05) is 30.3 Å². The Bertz CT molecular complexity index is 587. The number of carbonyl (C=O) groups excluding carboxylic acids is 2. The smallest absolute Gasteiger partial charge is 0.408 e. The number of benzene rings is 1. The van der Waals surface area contributed by atoms with Crippen molar-refractivity contribution < 1.29 is 23.8 Å². The van der Waals surface area contributed by atoms with Gasteiger partial charge >= 0.3 is 12.1 Å². The molecule has 0 spiro atoms. The first-order valence-corrected chi connectivity index (χ1v) is 9.11. The monoisotopic (exact) mass is 379 g/mol. The quantitative estimate of drug-likeness (QED) is 0.727. The molecule has 1 atom stereocenters. The van der Waals surface area contributed by atoms with Gasteiger partial charge in [0.2, 0.25) is 0 Å². The van der Waals surface area contributed by atoms with Gasteiger partial charge in [-0.3, -0.25) is 0 Å². The molecule has 1 N–H and O–H groups in total. The number of methoxy groups -OCH3 is 1. The molecule has 6 heteroatoms. The number of hydrogen-bond acceptors (Lipinski definition) is 5. The fraction of sp³-hybridized carbons (Fsp3) is 0.619. The molecule has 1 amide bonds. The molecular weight excluding hydrogens is 346 g/mol. The molecule has 0 saturated carbocycles. The zero-order valence-corrected chi connectivity index (χ0v) is 17.5. The van der Waals surface area contributed by atoms with Crippen molar-refractivity contribution in [3.05, 3.63) is 35.9 Å². The summed E-state index contributed by atoms with van der Waals surface area (Å²) in [6.07, 6.45) is -0.819. The van der Waals surface area contributed by atoms with E-state index in [0.717, 1.165) is 5.56 Å². The number of carbonyl (C=O) groups is 2. The third-order valence-electron chi connectivity index (χ3n) is 3.99.